The molecule has 0 amide bonds. The second kappa shape index (κ2) is 9.07. The lowest BCUT2D eigenvalue weighted by atomic mass is 9.76. The molecule has 0 spiro atoms. The van der Waals surface area contributed by atoms with E-state index in [1.165, 1.54) is 24.5 Å². The van der Waals surface area contributed by atoms with E-state index < -0.39 is 17.6 Å². The van der Waals surface area contributed by atoms with Crippen molar-refractivity contribution in [3.63, 3.8) is 0 Å². The number of carbonyl (C=O) groups excluding carboxylic acids is 1. The lowest BCUT2D eigenvalue weighted by Gasteiger charge is -2.51. The molecular weight excluding hydrogens is 486 g/mol. The highest BCUT2D eigenvalue weighted by Gasteiger charge is 2.42. The molecule has 2 bridgehead atoms. The Hall–Kier alpha value is -3.27. The molecule has 1 aliphatic carbocycles. The number of carbonyl (C=O) groups is 1. The monoisotopic (exact) mass is 505 g/mol. The average molecular weight is 506 g/mol. The first kappa shape index (κ1) is 23.5. The number of nitrogens with zero attached hydrogens (tertiary/aromatic N) is 4. The Labute approximate surface area is 203 Å². The molecule has 35 heavy (non-hydrogen) atoms. The Morgan fingerprint density at radius 1 is 1.11 bits per heavy atom. The van der Waals surface area contributed by atoms with Gasteiger partial charge < -0.3 is 10.2 Å². The number of halogens is 5. The Morgan fingerprint density at radius 2 is 1.89 bits per heavy atom. The third kappa shape index (κ3) is 4.54. The second-order valence-corrected chi connectivity index (χ2v) is 9.19. The van der Waals surface area contributed by atoms with E-state index in [9.17, 15) is 22.4 Å². The summed E-state index contributed by atoms with van der Waals surface area (Å²) >= 11 is 6.12. The van der Waals surface area contributed by atoms with Gasteiger partial charge in [-0.2, -0.15) is 13.2 Å². The molecule has 3 aliphatic rings. The molecule has 0 radical (unpaired) electrons. The van der Waals surface area contributed by atoms with Gasteiger partial charge in [-0.1, -0.05) is 11.6 Å². The quantitative estimate of drug-likeness (QED) is 0.358. The number of nitrogens with one attached hydrogen (secondary N) is 1. The van der Waals surface area contributed by atoms with E-state index in [0.29, 0.717) is 24.1 Å². The van der Waals surface area contributed by atoms with E-state index in [2.05, 4.69) is 20.3 Å². The molecule has 2 aromatic heterocycles. The molecule has 1 N–H and O–H groups in total. The van der Waals surface area contributed by atoms with Crippen LogP contribution in [0.15, 0.2) is 42.9 Å². The van der Waals surface area contributed by atoms with Crippen LogP contribution in [0.4, 0.5) is 29.1 Å². The van der Waals surface area contributed by atoms with Crippen molar-refractivity contribution < 1.29 is 22.4 Å². The van der Waals surface area contributed by atoms with Crippen LogP contribution < -0.4 is 10.2 Å². The van der Waals surface area contributed by atoms with E-state index in [1.54, 1.807) is 6.07 Å². The predicted octanol–water partition coefficient (Wildman–Crippen LogP) is 5.63. The number of fused-ring (bicyclic) bond motifs is 3. The normalized spacial score (nSPS) is 21.7. The summed E-state index contributed by atoms with van der Waals surface area (Å²) in [4.78, 5) is 26.4. The lowest BCUT2D eigenvalue weighted by molar-refractivity contribution is -0.137. The van der Waals surface area contributed by atoms with Gasteiger partial charge in [0.25, 0.3) is 0 Å². The maximum atomic E-state index is 14.7. The molecule has 6 rings (SSSR count). The molecule has 11 heteroatoms. The smallest absolute Gasteiger partial charge is 0.366 e. The summed E-state index contributed by atoms with van der Waals surface area (Å²) < 4.78 is 53.7. The molecule has 0 unspecified atom stereocenters. The zero-order valence-corrected chi connectivity index (χ0v) is 19.0. The van der Waals surface area contributed by atoms with E-state index >= 15 is 0 Å². The van der Waals surface area contributed by atoms with Crippen molar-refractivity contribution in [2.75, 3.05) is 16.8 Å². The van der Waals surface area contributed by atoms with Crippen LogP contribution in [-0.2, 0) is 6.18 Å². The maximum Gasteiger partial charge on any atom is 0.417 e. The summed E-state index contributed by atoms with van der Waals surface area (Å²) in [5.74, 6) is 0.120. The maximum absolute atomic E-state index is 14.7. The molecule has 6 nitrogen and oxygen atoms in total. The Kier molecular flexibility index (Phi) is 6.08. The van der Waals surface area contributed by atoms with Gasteiger partial charge in [0.15, 0.2) is 12.1 Å². The van der Waals surface area contributed by atoms with E-state index in [4.69, 9.17) is 11.6 Å². The summed E-state index contributed by atoms with van der Waals surface area (Å²) in [6, 6.07) is 4.70. The van der Waals surface area contributed by atoms with Crippen LogP contribution in [0.5, 0.6) is 0 Å². The summed E-state index contributed by atoms with van der Waals surface area (Å²) in [5, 5.41) is 3.07. The third-order valence-electron chi connectivity index (χ3n) is 6.63. The Bertz CT molecular complexity index is 1260. The SMILES string of the molecule is O=Cc1c(-c2ncccn2)cc(F)cc1N1C[C@@H]2CC[C@H]1[C@H](Nc1ncc(C(F)(F)F)cc1Cl)C2. The van der Waals surface area contributed by atoms with Crippen molar-refractivity contribution in [2.45, 2.75) is 37.5 Å². The molecule has 2 saturated heterocycles. The Balaban J connectivity index is 1.48. The molecule has 3 atom stereocenters. The minimum absolute atomic E-state index is 0.129. The average Bonchev–Trinajstić information content (AvgIpc) is 2.85. The van der Waals surface area contributed by atoms with Crippen LogP contribution in [-0.4, -0.2) is 39.9 Å². The van der Waals surface area contributed by atoms with E-state index in [0.717, 1.165) is 31.5 Å². The number of piperidine rings is 2. The van der Waals surface area contributed by atoms with Crippen molar-refractivity contribution in [3.05, 3.63) is 64.8 Å². The van der Waals surface area contributed by atoms with E-state index in [1.807, 2.05) is 4.90 Å². The fourth-order valence-electron chi connectivity index (χ4n) is 5.09. The molecule has 182 valence electrons. The number of aldehydes is 1. The van der Waals surface area contributed by atoms with Crippen molar-refractivity contribution in [2.24, 2.45) is 5.92 Å². The highest BCUT2D eigenvalue weighted by molar-refractivity contribution is 6.33. The number of anilines is 2. The zero-order valence-electron chi connectivity index (χ0n) is 18.3. The number of hydrogen-bond donors (Lipinski definition) is 1. The van der Waals surface area contributed by atoms with E-state index in [-0.39, 0.29) is 40.2 Å². The van der Waals surface area contributed by atoms with Crippen molar-refractivity contribution >= 4 is 29.4 Å². The topological polar surface area (TPSA) is 71.0 Å². The van der Waals surface area contributed by atoms with Crippen LogP contribution in [0.3, 0.4) is 0 Å². The third-order valence-corrected chi connectivity index (χ3v) is 6.91. The minimum atomic E-state index is -4.54. The standard InChI is InChI=1S/C24H20ClF4N5O/c25-18-7-14(24(27,28)29)10-32-23(18)33-19-6-13-2-3-20(19)34(11-13)21-9-15(26)8-16(17(21)12-35)22-30-4-1-5-31-22/h1,4-5,7-10,12-13,19-20H,2-3,6,11H2,(H,32,33)/t13-,19-,20+/m1/s1. The van der Waals surface area contributed by atoms with Crippen LogP contribution >= 0.6 is 11.6 Å². The number of aromatic nitrogens is 3. The van der Waals surface area contributed by atoms with Gasteiger partial charge in [-0.25, -0.2) is 19.3 Å². The lowest BCUT2D eigenvalue weighted by Crippen LogP contribution is -2.58. The highest BCUT2D eigenvalue weighted by Crippen LogP contribution is 2.42. The highest BCUT2D eigenvalue weighted by atomic mass is 35.5. The van der Waals surface area contributed by atoms with Crippen LogP contribution in [0, 0.1) is 11.7 Å². The summed E-state index contributed by atoms with van der Waals surface area (Å²) in [6.45, 7) is 0.621. The molecule has 1 saturated carbocycles. The fraction of sp³-hybridized carbons (Fsp3) is 0.333. The first-order valence-electron chi connectivity index (χ1n) is 11.1. The predicted molar refractivity (Wildman–Crippen MR) is 123 cm³/mol. The number of alkyl halides is 3. The van der Waals surface area contributed by atoms with Crippen LogP contribution in [0.25, 0.3) is 11.4 Å². The molecule has 3 fully saturated rings. The van der Waals surface area contributed by atoms with Crippen LogP contribution in [0.2, 0.25) is 5.02 Å². The van der Waals surface area contributed by atoms with Crippen molar-refractivity contribution in [3.8, 4) is 11.4 Å². The van der Waals surface area contributed by atoms with Gasteiger partial charge in [-0.05, 0) is 49.4 Å². The van der Waals surface area contributed by atoms with Crippen molar-refractivity contribution in [1.29, 1.82) is 0 Å². The molecule has 1 aromatic carbocycles. The molecule has 4 heterocycles. The summed E-state index contributed by atoms with van der Waals surface area (Å²) in [7, 11) is 0. The number of benzene rings is 1. The molecular formula is C24H20ClF4N5O. The second-order valence-electron chi connectivity index (χ2n) is 8.78. The van der Waals surface area contributed by atoms with Gasteiger partial charge in [0.1, 0.15) is 11.6 Å². The van der Waals surface area contributed by atoms with Gasteiger partial charge in [-0.15, -0.1) is 0 Å². The van der Waals surface area contributed by atoms with Gasteiger partial charge in [0.05, 0.1) is 16.3 Å². The Morgan fingerprint density at radius 3 is 2.54 bits per heavy atom. The summed E-state index contributed by atoms with van der Waals surface area (Å²) in [6.07, 6.45) is 2.38. The zero-order chi connectivity index (χ0) is 24.7. The first-order valence-corrected chi connectivity index (χ1v) is 11.4. The number of hydrogen-bond acceptors (Lipinski definition) is 6. The molecule has 2 aliphatic heterocycles. The van der Waals surface area contributed by atoms with Gasteiger partial charge in [0.2, 0.25) is 0 Å². The largest absolute Gasteiger partial charge is 0.417 e. The van der Waals surface area contributed by atoms with Gasteiger partial charge in [-0.3, -0.25) is 4.79 Å². The number of pyridine rings is 1. The first-order chi connectivity index (χ1) is 16.7. The van der Waals surface area contributed by atoms with Crippen molar-refractivity contribution in [1.82, 2.24) is 15.0 Å². The van der Waals surface area contributed by atoms with Crippen LogP contribution in [0.1, 0.15) is 35.2 Å². The molecule has 3 aromatic rings. The summed E-state index contributed by atoms with van der Waals surface area (Å²) in [5.41, 5.74) is 0.101. The number of rotatable bonds is 5. The fourth-order valence-corrected chi connectivity index (χ4v) is 5.31. The minimum Gasteiger partial charge on any atom is -0.366 e. The van der Waals surface area contributed by atoms with Gasteiger partial charge >= 0.3 is 6.18 Å². The van der Waals surface area contributed by atoms with Gasteiger partial charge in [0, 0.05) is 48.3 Å².